The van der Waals surface area contributed by atoms with Gasteiger partial charge >= 0.3 is 6.04 Å². The molecule has 0 aromatic heterocycles. The maximum Gasteiger partial charge on any atom is 0.301 e. The monoisotopic (exact) mass is 103 g/mol. The fourth-order valence-electron chi connectivity index (χ4n) is 0.258. The Balaban J connectivity index is 2.82. The fourth-order valence-corrected chi connectivity index (χ4v) is 0.258. The Morgan fingerprint density at radius 1 is 1.86 bits per heavy atom. The zero-order valence-electron chi connectivity index (χ0n) is 4.28. The van der Waals surface area contributed by atoms with Crippen LogP contribution in [0.15, 0.2) is 0 Å². The van der Waals surface area contributed by atoms with Gasteiger partial charge in [0.25, 0.3) is 0 Å². The molecule has 0 saturated carbocycles. The van der Waals surface area contributed by atoms with Gasteiger partial charge in [0, 0.05) is 6.42 Å². The van der Waals surface area contributed by atoms with Gasteiger partial charge in [0.15, 0.2) is 0 Å². The van der Waals surface area contributed by atoms with E-state index in [1.165, 1.54) is 0 Å². The van der Waals surface area contributed by atoms with Crippen molar-refractivity contribution in [1.82, 2.24) is 0 Å². The second kappa shape index (κ2) is 3.78. The number of hydrogen-bond acceptors (Lipinski definition) is 1. The summed E-state index contributed by atoms with van der Waals surface area (Å²) in [7, 11) is 0. The zero-order chi connectivity index (χ0) is 5.70. The first kappa shape index (κ1) is 6.60. The highest BCUT2D eigenvalue weighted by Crippen LogP contribution is 1.92. The molecule has 0 N–H and O–H groups in total. The third-order valence-corrected chi connectivity index (χ3v) is 0.593. The van der Waals surface area contributed by atoms with E-state index in [-0.39, 0.29) is 6.42 Å². The molecule has 0 aromatic carbocycles. The van der Waals surface area contributed by atoms with Crippen molar-refractivity contribution in [3.8, 4) is 0 Å². The molecule has 0 rings (SSSR count). The molecule has 0 saturated heterocycles. The van der Waals surface area contributed by atoms with Crippen LogP contribution >= 0.6 is 0 Å². The van der Waals surface area contributed by atoms with Gasteiger partial charge < -0.3 is 0 Å². The molecule has 0 amide bonds. The van der Waals surface area contributed by atoms with Crippen LogP contribution in [-0.4, -0.2) is 6.04 Å². The van der Waals surface area contributed by atoms with Crippen LogP contribution in [0.4, 0.5) is 4.39 Å². The molecule has 0 fully saturated rings. The Labute approximate surface area is 42.5 Å². The first-order valence-electron chi connectivity index (χ1n) is 2.27. The van der Waals surface area contributed by atoms with Crippen LogP contribution in [0.2, 0.25) is 0 Å². The second-order valence-corrected chi connectivity index (χ2v) is 1.26. The summed E-state index contributed by atoms with van der Waals surface area (Å²) in [5.41, 5.74) is 0. The summed E-state index contributed by atoms with van der Waals surface area (Å²) in [5.74, 6) is 0. The molecule has 1 radical (unpaired) electrons. The van der Waals surface area contributed by atoms with E-state index in [2.05, 4.69) is 0 Å². The van der Waals surface area contributed by atoms with Crippen LogP contribution in [-0.2, 0) is 4.79 Å². The highest BCUT2D eigenvalue weighted by Gasteiger charge is 1.93. The first-order valence-corrected chi connectivity index (χ1v) is 2.27. The number of halogens is 1. The molecule has 1 nitrogen and oxygen atoms in total. The predicted molar refractivity (Wildman–Crippen MR) is 25.3 cm³/mol. The molecule has 41 valence electrons. The van der Waals surface area contributed by atoms with Gasteiger partial charge in [0.1, 0.15) is 0 Å². The molecule has 0 aliphatic carbocycles. The van der Waals surface area contributed by atoms with Gasteiger partial charge in [-0.2, -0.15) is 4.39 Å². The average molecular weight is 103 g/mol. The Morgan fingerprint density at radius 2 is 2.43 bits per heavy atom. The molecular weight excluding hydrogens is 95.1 g/mol. The van der Waals surface area contributed by atoms with Crippen molar-refractivity contribution < 1.29 is 9.18 Å². The Bertz CT molecular complexity index is 61.1. The lowest BCUT2D eigenvalue weighted by Crippen LogP contribution is -1.85. The maximum absolute atomic E-state index is 11.2. The van der Waals surface area contributed by atoms with Gasteiger partial charge in [-0.05, 0) is 6.42 Å². The Morgan fingerprint density at radius 3 is 2.57 bits per heavy atom. The number of unbranched alkanes of at least 4 members (excludes halogenated alkanes) is 1. The molecule has 0 spiro atoms. The van der Waals surface area contributed by atoms with Crippen molar-refractivity contribution in [2.75, 3.05) is 0 Å². The highest BCUT2D eigenvalue weighted by molar-refractivity contribution is 5.68. The van der Waals surface area contributed by atoms with E-state index in [0.717, 1.165) is 6.42 Å². The van der Waals surface area contributed by atoms with E-state index >= 15 is 0 Å². The normalized spacial score (nSPS) is 8.86. The third kappa shape index (κ3) is 5.60. The minimum Gasteiger partial charge on any atom is -0.261 e. The summed E-state index contributed by atoms with van der Waals surface area (Å²) in [6, 6.07) is -1.25. The summed E-state index contributed by atoms with van der Waals surface area (Å²) in [6.45, 7) is 1.86. The fraction of sp³-hybridized carbons (Fsp3) is 0.600. The standard InChI is InChI=1S/C5H8FO/c1-2-3-4-5(6)7/h3H,2,4H2,1H3. The van der Waals surface area contributed by atoms with E-state index in [0.29, 0.717) is 0 Å². The molecule has 0 atom stereocenters. The van der Waals surface area contributed by atoms with Gasteiger partial charge in [-0.1, -0.05) is 13.3 Å². The quantitative estimate of drug-likeness (QED) is 0.494. The lowest BCUT2D eigenvalue weighted by molar-refractivity contribution is -0.128. The van der Waals surface area contributed by atoms with Gasteiger partial charge in [0.2, 0.25) is 0 Å². The van der Waals surface area contributed by atoms with Crippen LogP contribution in [0, 0.1) is 6.42 Å². The van der Waals surface area contributed by atoms with Crippen LogP contribution in [0.5, 0.6) is 0 Å². The number of hydrogen-bond donors (Lipinski definition) is 0. The lowest BCUT2D eigenvalue weighted by Gasteiger charge is -1.82. The smallest absolute Gasteiger partial charge is 0.261 e. The van der Waals surface area contributed by atoms with Crippen molar-refractivity contribution in [2.24, 2.45) is 0 Å². The van der Waals surface area contributed by atoms with E-state index in [1.54, 1.807) is 6.42 Å². The molecule has 0 unspecified atom stereocenters. The average Bonchev–Trinajstić information content (AvgIpc) is 1.61. The predicted octanol–water partition coefficient (Wildman–Crippen LogP) is 1.49. The topological polar surface area (TPSA) is 17.1 Å². The van der Waals surface area contributed by atoms with Crippen molar-refractivity contribution in [3.63, 3.8) is 0 Å². The SMILES string of the molecule is CC[CH]CC(=O)F. The van der Waals surface area contributed by atoms with Crippen LogP contribution in [0.1, 0.15) is 19.8 Å². The molecule has 0 bridgehead atoms. The van der Waals surface area contributed by atoms with Crippen LogP contribution < -0.4 is 0 Å². The molecule has 7 heavy (non-hydrogen) atoms. The first-order chi connectivity index (χ1) is 3.27. The molecule has 2 heteroatoms. The number of rotatable bonds is 3. The molecule has 0 aliphatic heterocycles. The van der Waals surface area contributed by atoms with Gasteiger partial charge in [-0.15, -0.1) is 0 Å². The minimum atomic E-state index is -1.25. The lowest BCUT2D eigenvalue weighted by atomic mass is 10.3. The highest BCUT2D eigenvalue weighted by atomic mass is 19.1. The summed E-state index contributed by atoms with van der Waals surface area (Å²) in [5, 5.41) is 0. The van der Waals surface area contributed by atoms with E-state index in [1.807, 2.05) is 6.92 Å². The Hall–Kier alpha value is -0.400. The van der Waals surface area contributed by atoms with Crippen molar-refractivity contribution in [1.29, 1.82) is 0 Å². The van der Waals surface area contributed by atoms with Crippen LogP contribution in [0.3, 0.4) is 0 Å². The number of carbonyl (C=O) groups excluding carboxylic acids is 1. The summed E-state index contributed by atoms with van der Waals surface area (Å²) < 4.78 is 11.2. The van der Waals surface area contributed by atoms with Crippen molar-refractivity contribution >= 4 is 6.04 Å². The summed E-state index contributed by atoms with van der Waals surface area (Å²) in [4.78, 5) is 9.50. The largest absolute Gasteiger partial charge is 0.301 e. The van der Waals surface area contributed by atoms with Gasteiger partial charge in [-0.25, -0.2) is 0 Å². The van der Waals surface area contributed by atoms with Gasteiger partial charge in [-0.3, -0.25) is 4.79 Å². The molecular formula is C5H8FO. The molecule has 0 heterocycles. The maximum atomic E-state index is 11.2. The van der Waals surface area contributed by atoms with Crippen LogP contribution in [0.25, 0.3) is 0 Å². The van der Waals surface area contributed by atoms with Crippen molar-refractivity contribution in [2.45, 2.75) is 19.8 Å². The minimum absolute atomic E-state index is 0.0312. The van der Waals surface area contributed by atoms with Crippen molar-refractivity contribution in [3.05, 3.63) is 6.42 Å². The number of carbonyl (C=O) groups is 1. The zero-order valence-corrected chi connectivity index (χ0v) is 4.28. The van der Waals surface area contributed by atoms with E-state index in [9.17, 15) is 9.18 Å². The molecule has 0 aromatic rings. The Kier molecular flexibility index (Phi) is 3.56. The van der Waals surface area contributed by atoms with Gasteiger partial charge in [0.05, 0.1) is 0 Å². The van der Waals surface area contributed by atoms with E-state index < -0.39 is 6.04 Å². The summed E-state index contributed by atoms with van der Waals surface area (Å²) >= 11 is 0. The second-order valence-electron chi connectivity index (χ2n) is 1.26. The summed E-state index contributed by atoms with van der Waals surface area (Å²) in [6.07, 6.45) is 2.33. The molecule has 0 aliphatic rings. The van der Waals surface area contributed by atoms with E-state index in [4.69, 9.17) is 0 Å². The third-order valence-electron chi connectivity index (χ3n) is 0.593.